The van der Waals surface area contributed by atoms with E-state index in [2.05, 4.69) is 21.2 Å². The van der Waals surface area contributed by atoms with Gasteiger partial charge in [0, 0.05) is 24.8 Å². The molecule has 0 aliphatic rings. The first kappa shape index (κ1) is 18.3. The number of carbonyl (C=O) groups is 2. The van der Waals surface area contributed by atoms with Crippen LogP contribution >= 0.6 is 23.2 Å². The van der Waals surface area contributed by atoms with Crippen LogP contribution in [0.15, 0.2) is 10.6 Å². The summed E-state index contributed by atoms with van der Waals surface area (Å²) < 4.78 is 0. The van der Waals surface area contributed by atoms with Crippen LogP contribution in [0, 0.1) is 9.81 Å². The van der Waals surface area contributed by atoms with Gasteiger partial charge in [0.05, 0.1) is 23.7 Å². The van der Waals surface area contributed by atoms with Crippen LogP contribution in [0.3, 0.4) is 0 Å². The minimum atomic E-state index is -0.735. The summed E-state index contributed by atoms with van der Waals surface area (Å²) in [4.78, 5) is 43.3. The summed E-state index contributed by atoms with van der Waals surface area (Å²) in [5.41, 5.74) is 0. The Kier molecular flexibility index (Phi) is 10.2. The molecule has 20 heavy (non-hydrogen) atoms. The van der Waals surface area contributed by atoms with Gasteiger partial charge in [-0.2, -0.15) is 10.0 Å². The van der Waals surface area contributed by atoms with Crippen molar-refractivity contribution in [3.63, 3.8) is 0 Å². The van der Waals surface area contributed by atoms with E-state index in [-0.39, 0.29) is 37.9 Å². The highest BCUT2D eigenvalue weighted by Gasteiger charge is 2.14. The Morgan fingerprint density at radius 3 is 1.45 bits per heavy atom. The second-order valence-corrected chi connectivity index (χ2v) is 4.01. The maximum absolute atomic E-state index is 11.4. The molecule has 0 aliphatic carbocycles. The van der Waals surface area contributed by atoms with Gasteiger partial charge in [-0.1, -0.05) is 0 Å². The molecule has 10 nitrogen and oxygen atoms in total. The molecular formula is C8H14Cl2N6O4. The van der Waals surface area contributed by atoms with E-state index < -0.39 is 12.1 Å². The largest absolute Gasteiger partial charge is 0.340 e. The van der Waals surface area contributed by atoms with Crippen molar-refractivity contribution in [2.24, 2.45) is 10.6 Å². The van der Waals surface area contributed by atoms with E-state index in [0.717, 1.165) is 0 Å². The van der Waals surface area contributed by atoms with Gasteiger partial charge in [-0.05, 0) is 0 Å². The van der Waals surface area contributed by atoms with Gasteiger partial charge in [0.2, 0.25) is 0 Å². The van der Waals surface area contributed by atoms with Crippen molar-refractivity contribution in [2.75, 3.05) is 37.9 Å². The molecule has 0 atom stereocenters. The number of amides is 4. The van der Waals surface area contributed by atoms with Crippen LogP contribution in [-0.2, 0) is 0 Å². The Morgan fingerprint density at radius 2 is 1.20 bits per heavy atom. The van der Waals surface area contributed by atoms with E-state index in [4.69, 9.17) is 23.2 Å². The zero-order chi connectivity index (χ0) is 15.4. The van der Waals surface area contributed by atoms with Crippen molar-refractivity contribution in [1.29, 1.82) is 0 Å². The number of nitrogens with zero attached hydrogens (tertiary/aromatic N) is 4. The molecule has 0 bridgehead atoms. The molecule has 4 amide bonds. The highest BCUT2D eigenvalue weighted by molar-refractivity contribution is 6.18. The molecular weight excluding hydrogens is 315 g/mol. The molecule has 12 heteroatoms. The summed E-state index contributed by atoms with van der Waals surface area (Å²) in [5.74, 6) is 0.128. The van der Waals surface area contributed by atoms with E-state index in [1.807, 2.05) is 0 Å². The highest BCUT2D eigenvalue weighted by atomic mass is 35.5. The SMILES string of the molecule is O=NN(CCCl)C(=O)NCCNC(=O)N(CCCl)N=O. The van der Waals surface area contributed by atoms with Gasteiger partial charge in [-0.3, -0.25) is 0 Å². The molecule has 0 aromatic carbocycles. The lowest BCUT2D eigenvalue weighted by Crippen LogP contribution is -2.43. The lowest BCUT2D eigenvalue weighted by atomic mass is 10.6. The molecule has 0 aromatic heterocycles. The average Bonchev–Trinajstić information content (AvgIpc) is 2.46. The first-order valence-electron chi connectivity index (χ1n) is 5.49. The number of nitroso groups, excluding NO2 is 2. The molecule has 0 heterocycles. The maximum atomic E-state index is 11.4. The van der Waals surface area contributed by atoms with Crippen LogP contribution in [0.2, 0.25) is 0 Å². The predicted octanol–water partition coefficient (Wildman–Crippen LogP) is 0.850. The van der Waals surface area contributed by atoms with Crippen LogP contribution in [-0.4, -0.2) is 60.0 Å². The number of urea groups is 2. The number of carbonyl (C=O) groups excluding carboxylic acids is 2. The molecule has 0 saturated heterocycles. The number of halogens is 2. The molecule has 114 valence electrons. The van der Waals surface area contributed by atoms with Gasteiger partial charge in [-0.25, -0.2) is 9.59 Å². The summed E-state index contributed by atoms with van der Waals surface area (Å²) in [6.45, 7) is 0.0164. The Balaban J connectivity index is 3.95. The fraction of sp³-hybridized carbons (Fsp3) is 0.750. The van der Waals surface area contributed by atoms with Crippen molar-refractivity contribution in [3.05, 3.63) is 9.81 Å². The van der Waals surface area contributed by atoms with Gasteiger partial charge >= 0.3 is 12.1 Å². The molecule has 0 fully saturated rings. The van der Waals surface area contributed by atoms with Crippen LogP contribution in [0.25, 0.3) is 0 Å². The number of hydrogen-bond acceptors (Lipinski definition) is 6. The average molecular weight is 329 g/mol. The van der Waals surface area contributed by atoms with E-state index in [1.54, 1.807) is 0 Å². The van der Waals surface area contributed by atoms with Crippen molar-refractivity contribution in [3.8, 4) is 0 Å². The van der Waals surface area contributed by atoms with Crippen LogP contribution in [0.5, 0.6) is 0 Å². The quantitative estimate of drug-likeness (QED) is 0.282. The van der Waals surface area contributed by atoms with Gasteiger partial charge in [0.15, 0.2) is 0 Å². The number of nitrogens with one attached hydrogen (secondary N) is 2. The zero-order valence-corrected chi connectivity index (χ0v) is 11.9. The van der Waals surface area contributed by atoms with Gasteiger partial charge in [0.25, 0.3) is 0 Å². The van der Waals surface area contributed by atoms with Gasteiger partial charge < -0.3 is 10.6 Å². The monoisotopic (exact) mass is 328 g/mol. The lowest BCUT2D eigenvalue weighted by Gasteiger charge is -2.15. The van der Waals surface area contributed by atoms with Crippen molar-refractivity contribution >= 4 is 35.3 Å². The van der Waals surface area contributed by atoms with Crippen molar-refractivity contribution in [1.82, 2.24) is 20.7 Å². The molecule has 0 spiro atoms. The Morgan fingerprint density at radius 1 is 0.850 bits per heavy atom. The highest BCUT2D eigenvalue weighted by Crippen LogP contribution is 1.92. The van der Waals surface area contributed by atoms with Gasteiger partial charge in [-0.15, -0.1) is 33.0 Å². The third kappa shape index (κ3) is 7.04. The molecule has 0 saturated carbocycles. The lowest BCUT2D eigenvalue weighted by molar-refractivity contribution is 0.197. The maximum Gasteiger partial charge on any atom is 0.340 e. The van der Waals surface area contributed by atoms with E-state index >= 15 is 0 Å². The topological polar surface area (TPSA) is 124 Å². The summed E-state index contributed by atoms with van der Waals surface area (Å²) in [5, 5.41) is 10.8. The normalized spacial score (nSPS) is 9.50. The number of alkyl halides is 2. The second-order valence-electron chi connectivity index (χ2n) is 3.25. The molecule has 0 aliphatic heterocycles. The van der Waals surface area contributed by atoms with Crippen molar-refractivity contribution in [2.45, 2.75) is 0 Å². The minimum absolute atomic E-state index is 0.0260. The fourth-order valence-corrected chi connectivity index (χ4v) is 1.36. The number of rotatable bonds is 9. The molecule has 0 rings (SSSR count). The zero-order valence-electron chi connectivity index (χ0n) is 10.4. The molecule has 2 N–H and O–H groups in total. The van der Waals surface area contributed by atoms with Crippen molar-refractivity contribution < 1.29 is 9.59 Å². The minimum Gasteiger partial charge on any atom is -0.335 e. The summed E-state index contributed by atoms with van der Waals surface area (Å²) in [6, 6.07) is -1.47. The second kappa shape index (κ2) is 11.2. The molecule has 0 radical (unpaired) electrons. The smallest absolute Gasteiger partial charge is 0.335 e. The van der Waals surface area contributed by atoms with E-state index in [1.165, 1.54) is 0 Å². The van der Waals surface area contributed by atoms with E-state index in [0.29, 0.717) is 10.0 Å². The number of hydrogen-bond donors (Lipinski definition) is 2. The van der Waals surface area contributed by atoms with Gasteiger partial charge in [0.1, 0.15) is 0 Å². The first-order valence-corrected chi connectivity index (χ1v) is 6.56. The Labute approximate surface area is 124 Å². The third-order valence-electron chi connectivity index (χ3n) is 1.94. The standard InChI is InChI=1S/C8H14Cl2N6O4/c9-1-5-15(13-19)7(17)11-3-4-12-8(18)16(14-20)6-2-10/h1-6H2,(H,11,17)(H,12,18). The first-order chi connectivity index (χ1) is 9.60. The summed E-state index contributed by atoms with van der Waals surface area (Å²) in [6.07, 6.45) is 0. The fourth-order valence-electron chi connectivity index (χ4n) is 1.04. The molecule has 0 unspecified atom stereocenters. The Bertz CT molecular complexity index is 313. The predicted molar refractivity (Wildman–Crippen MR) is 73.2 cm³/mol. The Hall–Kier alpha value is -1.68. The summed E-state index contributed by atoms with van der Waals surface area (Å²) in [7, 11) is 0. The van der Waals surface area contributed by atoms with Crippen LogP contribution in [0.1, 0.15) is 0 Å². The summed E-state index contributed by atoms with van der Waals surface area (Å²) >= 11 is 10.7. The molecule has 0 aromatic rings. The third-order valence-corrected chi connectivity index (χ3v) is 2.27. The van der Waals surface area contributed by atoms with Crippen LogP contribution < -0.4 is 10.6 Å². The van der Waals surface area contributed by atoms with Crippen LogP contribution in [0.4, 0.5) is 9.59 Å². The van der Waals surface area contributed by atoms with E-state index in [9.17, 15) is 19.4 Å².